The van der Waals surface area contributed by atoms with Gasteiger partial charge in [0.25, 0.3) is 0 Å². The maximum atomic E-state index is 13.9. The van der Waals surface area contributed by atoms with Crippen molar-refractivity contribution in [2.75, 3.05) is 6.61 Å². The van der Waals surface area contributed by atoms with Crippen molar-refractivity contribution in [3.8, 4) is 6.07 Å². The third-order valence-corrected chi connectivity index (χ3v) is 6.54. The van der Waals surface area contributed by atoms with Crippen molar-refractivity contribution >= 4 is 22.9 Å². The average molecular weight is 377 g/mol. The van der Waals surface area contributed by atoms with Crippen LogP contribution in [0.25, 0.3) is 0 Å². The zero-order chi connectivity index (χ0) is 17.6. The number of benzene rings is 1. The summed E-state index contributed by atoms with van der Waals surface area (Å²) in [6.45, 7) is 2.79. The van der Waals surface area contributed by atoms with Gasteiger partial charge in [0, 0.05) is 23.4 Å². The van der Waals surface area contributed by atoms with Crippen molar-refractivity contribution in [3.63, 3.8) is 0 Å². The van der Waals surface area contributed by atoms with Crippen molar-refractivity contribution in [1.82, 2.24) is 5.32 Å². The normalized spacial score (nSPS) is 28.6. The van der Waals surface area contributed by atoms with Crippen LogP contribution in [0, 0.1) is 17.1 Å². The van der Waals surface area contributed by atoms with Crippen LogP contribution in [-0.2, 0) is 16.8 Å². The van der Waals surface area contributed by atoms with Crippen LogP contribution in [0.3, 0.4) is 0 Å². The molecule has 2 aliphatic rings. The van der Waals surface area contributed by atoms with Gasteiger partial charge < -0.3 is 10.1 Å². The Hall–Kier alpha value is -1.45. The average Bonchev–Trinajstić information content (AvgIpc) is 2.96. The monoisotopic (exact) mass is 376 g/mol. The Balaban J connectivity index is 1.74. The van der Waals surface area contributed by atoms with Crippen LogP contribution in [0.1, 0.15) is 47.4 Å². The van der Waals surface area contributed by atoms with Crippen molar-refractivity contribution in [3.05, 3.63) is 56.0 Å². The summed E-state index contributed by atoms with van der Waals surface area (Å²) in [5, 5.41) is 12.7. The summed E-state index contributed by atoms with van der Waals surface area (Å²) in [6.07, 6.45) is 2.44. The molecule has 6 heteroatoms. The van der Waals surface area contributed by atoms with E-state index < -0.39 is 0 Å². The van der Waals surface area contributed by atoms with Crippen LogP contribution in [0.15, 0.2) is 24.3 Å². The fraction of sp³-hybridized carbons (Fsp3) is 0.421. The van der Waals surface area contributed by atoms with E-state index in [2.05, 4.69) is 12.2 Å². The minimum atomic E-state index is -0.389. The summed E-state index contributed by atoms with van der Waals surface area (Å²) in [6, 6.07) is 8.75. The molecule has 3 atom stereocenters. The molecule has 0 saturated carbocycles. The molecule has 130 valence electrons. The Kier molecular flexibility index (Phi) is 4.33. The molecule has 2 aromatic rings. The molecular weight excluding hydrogens is 359 g/mol. The number of fused-ring (bicyclic) bond motifs is 2. The molecule has 0 unspecified atom stereocenters. The number of piperidine rings is 1. The number of halogens is 2. The predicted molar refractivity (Wildman–Crippen MR) is 96.4 cm³/mol. The van der Waals surface area contributed by atoms with Gasteiger partial charge in [-0.05, 0) is 55.2 Å². The van der Waals surface area contributed by atoms with E-state index in [1.807, 2.05) is 12.1 Å². The van der Waals surface area contributed by atoms with Crippen molar-refractivity contribution in [1.29, 1.82) is 5.26 Å². The van der Waals surface area contributed by atoms with Crippen LogP contribution < -0.4 is 5.32 Å². The molecular formula is C19H18ClFN2OS. The second kappa shape index (κ2) is 6.37. The third kappa shape index (κ3) is 3.09. The number of ether oxygens (including phenoxy) is 1. The highest BCUT2D eigenvalue weighted by atomic mass is 35.5. The van der Waals surface area contributed by atoms with E-state index in [1.54, 1.807) is 17.4 Å². The van der Waals surface area contributed by atoms with Crippen molar-refractivity contribution in [2.45, 2.75) is 43.9 Å². The molecule has 3 nitrogen and oxygen atoms in total. The topological polar surface area (TPSA) is 45.0 Å². The van der Waals surface area contributed by atoms with Gasteiger partial charge in [-0.15, -0.1) is 11.3 Å². The first-order valence-corrected chi connectivity index (χ1v) is 9.58. The van der Waals surface area contributed by atoms with Crippen LogP contribution in [0.4, 0.5) is 4.39 Å². The standard InChI is InChI=1S/C19H18ClFN2OS/c1-11-8-19(18-13(2-3-24-19)7-17(20)25-18)9-16(23-11)14-4-12(10-22)5-15(21)6-14/h4-7,11,16,23H,2-3,8-9H2,1H3/t11-,16-,19-/m0/s1. The van der Waals surface area contributed by atoms with Gasteiger partial charge in [0.05, 0.1) is 22.6 Å². The largest absolute Gasteiger partial charge is 0.369 e. The van der Waals surface area contributed by atoms with Crippen molar-refractivity contribution < 1.29 is 9.13 Å². The molecule has 4 rings (SSSR count). The minimum absolute atomic E-state index is 0.0709. The Morgan fingerprint density at radius 1 is 1.36 bits per heavy atom. The van der Waals surface area contributed by atoms with E-state index >= 15 is 0 Å². The van der Waals surface area contributed by atoms with Crippen LogP contribution in [-0.4, -0.2) is 12.6 Å². The molecule has 1 aromatic carbocycles. The first kappa shape index (κ1) is 17.0. The SMILES string of the molecule is C[C@H]1C[C@@]2(C[C@@H](c3cc(F)cc(C#N)c3)N1)OCCc1cc(Cl)sc12. The number of nitriles is 1. The number of hydrogen-bond acceptors (Lipinski definition) is 4. The maximum absolute atomic E-state index is 13.9. The maximum Gasteiger partial charge on any atom is 0.124 e. The van der Waals surface area contributed by atoms with E-state index in [0.717, 1.165) is 22.7 Å². The fourth-order valence-corrected chi connectivity index (χ4v) is 5.62. The Morgan fingerprint density at radius 2 is 2.20 bits per heavy atom. The lowest BCUT2D eigenvalue weighted by Gasteiger charge is -2.46. The first-order chi connectivity index (χ1) is 12.0. The predicted octanol–water partition coefficient (Wildman–Crippen LogP) is 4.69. The van der Waals surface area contributed by atoms with E-state index in [4.69, 9.17) is 21.6 Å². The highest BCUT2D eigenvalue weighted by molar-refractivity contribution is 7.16. The highest BCUT2D eigenvalue weighted by Crippen LogP contribution is 2.50. The van der Waals surface area contributed by atoms with Gasteiger partial charge in [-0.3, -0.25) is 0 Å². The van der Waals surface area contributed by atoms with Gasteiger partial charge in [0.2, 0.25) is 0 Å². The smallest absolute Gasteiger partial charge is 0.124 e. The quantitative estimate of drug-likeness (QED) is 0.785. The Bertz CT molecular complexity index is 862. The molecule has 1 fully saturated rings. The van der Waals surface area contributed by atoms with Gasteiger partial charge in [-0.25, -0.2) is 4.39 Å². The molecule has 1 spiro atoms. The van der Waals surface area contributed by atoms with Gasteiger partial charge in [-0.1, -0.05) is 11.6 Å². The van der Waals surface area contributed by atoms with Gasteiger partial charge >= 0.3 is 0 Å². The summed E-state index contributed by atoms with van der Waals surface area (Å²) in [5.74, 6) is -0.382. The Morgan fingerprint density at radius 3 is 3.00 bits per heavy atom. The molecule has 0 amide bonds. The van der Waals surface area contributed by atoms with Crippen LogP contribution in [0.2, 0.25) is 4.34 Å². The summed E-state index contributed by atoms with van der Waals surface area (Å²) >= 11 is 7.86. The minimum Gasteiger partial charge on any atom is -0.369 e. The third-order valence-electron chi connectivity index (χ3n) is 5.05. The molecule has 3 heterocycles. The molecule has 0 radical (unpaired) electrons. The summed E-state index contributed by atoms with van der Waals surface area (Å²) in [4.78, 5) is 1.21. The zero-order valence-electron chi connectivity index (χ0n) is 13.8. The summed E-state index contributed by atoms with van der Waals surface area (Å²) in [7, 11) is 0. The van der Waals surface area contributed by atoms with Gasteiger partial charge in [0.15, 0.2) is 0 Å². The molecule has 0 bridgehead atoms. The molecule has 2 aliphatic heterocycles. The van der Waals surface area contributed by atoms with E-state index in [-0.39, 0.29) is 23.5 Å². The van der Waals surface area contributed by atoms with E-state index in [9.17, 15) is 4.39 Å². The zero-order valence-corrected chi connectivity index (χ0v) is 15.4. The van der Waals surface area contributed by atoms with Gasteiger partial charge in [0.1, 0.15) is 11.4 Å². The van der Waals surface area contributed by atoms with E-state index in [1.165, 1.54) is 22.6 Å². The van der Waals surface area contributed by atoms with Crippen LogP contribution >= 0.6 is 22.9 Å². The number of nitrogens with zero attached hydrogens (tertiary/aromatic N) is 1. The number of rotatable bonds is 1. The lowest BCUT2D eigenvalue weighted by molar-refractivity contribution is -0.0954. The Labute approximate surface area is 155 Å². The molecule has 1 aromatic heterocycles. The fourth-order valence-electron chi connectivity index (χ4n) is 4.15. The lowest BCUT2D eigenvalue weighted by Crippen LogP contribution is -2.49. The second-order valence-corrected chi connectivity index (χ2v) is 8.59. The van der Waals surface area contributed by atoms with Gasteiger partial charge in [-0.2, -0.15) is 5.26 Å². The lowest BCUT2D eigenvalue weighted by atomic mass is 9.78. The van der Waals surface area contributed by atoms with Crippen LogP contribution in [0.5, 0.6) is 0 Å². The molecule has 25 heavy (non-hydrogen) atoms. The van der Waals surface area contributed by atoms with Crippen molar-refractivity contribution in [2.24, 2.45) is 0 Å². The second-order valence-electron chi connectivity index (χ2n) is 6.91. The number of hydrogen-bond donors (Lipinski definition) is 1. The summed E-state index contributed by atoms with van der Waals surface area (Å²) in [5.41, 5.74) is 2.01. The molecule has 0 aliphatic carbocycles. The molecule has 1 saturated heterocycles. The molecule has 1 N–H and O–H groups in total. The van der Waals surface area contributed by atoms with E-state index in [0.29, 0.717) is 18.6 Å². The highest BCUT2D eigenvalue weighted by Gasteiger charge is 2.46. The number of nitrogens with one attached hydrogen (secondary N) is 1. The first-order valence-electron chi connectivity index (χ1n) is 8.38. The number of thiophene rings is 1. The summed E-state index contributed by atoms with van der Waals surface area (Å²) < 4.78 is 21.0.